The summed E-state index contributed by atoms with van der Waals surface area (Å²) in [5.41, 5.74) is 6.02. The summed E-state index contributed by atoms with van der Waals surface area (Å²) in [6.07, 6.45) is 11.2. The maximum atomic E-state index is 5.68. The van der Waals surface area contributed by atoms with Gasteiger partial charge in [0.2, 0.25) is 0 Å². The molecule has 0 aliphatic heterocycles. The van der Waals surface area contributed by atoms with E-state index in [9.17, 15) is 0 Å². The van der Waals surface area contributed by atoms with E-state index in [0.29, 0.717) is 5.41 Å². The van der Waals surface area contributed by atoms with Crippen molar-refractivity contribution in [3.8, 4) is 0 Å². The zero-order valence-corrected chi connectivity index (χ0v) is 10.0. The molecule has 0 saturated heterocycles. The van der Waals surface area contributed by atoms with Gasteiger partial charge < -0.3 is 5.73 Å². The number of hydrogen-bond acceptors (Lipinski definition) is 1. The molecule has 0 heterocycles. The molecule has 0 unspecified atom stereocenters. The van der Waals surface area contributed by atoms with Crippen LogP contribution in [0.1, 0.15) is 58.8 Å². The molecule has 0 amide bonds. The standard InChI is InChI=1S/C13H27N/c1-4-5-6-7-8-9-10-11-13(2,3)12-14/h4H,1,5-12,14H2,2-3H3. The summed E-state index contributed by atoms with van der Waals surface area (Å²) in [6.45, 7) is 9.04. The predicted molar refractivity (Wildman–Crippen MR) is 65.4 cm³/mol. The highest BCUT2D eigenvalue weighted by Crippen LogP contribution is 2.22. The van der Waals surface area contributed by atoms with Gasteiger partial charge in [0.1, 0.15) is 0 Å². The Morgan fingerprint density at radius 2 is 1.64 bits per heavy atom. The Hall–Kier alpha value is -0.300. The van der Waals surface area contributed by atoms with Crippen molar-refractivity contribution in [3.63, 3.8) is 0 Å². The molecule has 0 aromatic rings. The van der Waals surface area contributed by atoms with E-state index >= 15 is 0 Å². The summed E-state index contributed by atoms with van der Waals surface area (Å²) in [5.74, 6) is 0. The number of allylic oxidation sites excluding steroid dienone is 1. The molecule has 2 N–H and O–H groups in total. The lowest BCUT2D eigenvalue weighted by Crippen LogP contribution is -2.23. The van der Waals surface area contributed by atoms with Crippen molar-refractivity contribution in [1.29, 1.82) is 0 Å². The number of unbranched alkanes of at least 4 members (excludes halogenated alkanes) is 5. The highest BCUT2D eigenvalue weighted by Gasteiger charge is 2.13. The summed E-state index contributed by atoms with van der Waals surface area (Å²) in [5, 5.41) is 0. The fourth-order valence-electron chi connectivity index (χ4n) is 1.52. The fraction of sp³-hybridized carbons (Fsp3) is 0.846. The minimum Gasteiger partial charge on any atom is -0.330 e. The van der Waals surface area contributed by atoms with Crippen LogP contribution in [-0.4, -0.2) is 6.54 Å². The minimum atomic E-state index is 0.348. The molecule has 1 heteroatoms. The van der Waals surface area contributed by atoms with E-state index in [-0.39, 0.29) is 0 Å². The van der Waals surface area contributed by atoms with Crippen molar-refractivity contribution in [3.05, 3.63) is 12.7 Å². The lowest BCUT2D eigenvalue weighted by atomic mass is 9.87. The quantitative estimate of drug-likeness (QED) is 0.440. The van der Waals surface area contributed by atoms with Gasteiger partial charge in [0.15, 0.2) is 0 Å². The molecular formula is C13H27N. The van der Waals surface area contributed by atoms with Crippen LogP contribution in [-0.2, 0) is 0 Å². The molecule has 0 aromatic heterocycles. The van der Waals surface area contributed by atoms with Gasteiger partial charge in [0.05, 0.1) is 0 Å². The van der Waals surface area contributed by atoms with Gasteiger partial charge in [-0.05, 0) is 31.2 Å². The predicted octanol–water partition coefficient (Wildman–Crippen LogP) is 3.89. The van der Waals surface area contributed by atoms with Crippen molar-refractivity contribution in [2.24, 2.45) is 11.1 Å². The molecule has 0 radical (unpaired) electrons. The summed E-state index contributed by atoms with van der Waals surface area (Å²) in [6, 6.07) is 0. The Balaban J connectivity index is 3.17. The molecule has 0 saturated carbocycles. The van der Waals surface area contributed by atoms with Gasteiger partial charge in [-0.1, -0.05) is 45.6 Å². The Labute approximate surface area is 89.8 Å². The van der Waals surface area contributed by atoms with Gasteiger partial charge in [0, 0.05) is 0 Å². The van der Waals surface area contributed by atoms with Crippen LogP contribution in [0.5, 0.6) is 0 Å². The van der Waals surface area contributed by atoms with Crippen molar-refractivity contribution in [1.82, 2.24) is 0 Å². The van der Waals surface area contributed by atoms with Crippen molar-refractivity contribution in [2.75, 3.05) is 6.54 Å². The molecule has 0 bridgehead atoms. The second-order valence-corrected chi connectivity index (χ2v) is 4.96. The number of nitrogens with two attached hydrogens (primary N) is 1. The van der Waals surface area contributed by atoms with Gasteiger partial charge in [-0.3, -0.25) is 0 Å². The maximum Gasteiger partial charge on any atom is -0.00258 e. The third kappa shape index (κ3) is 8.31. The van der Waals surface area contributed by atoms with Gasteiger partial charge in [-0.15, -0.1) is 6.58 Å². The van der Waals surface area contributed by atoms with E-state index < -0.39 is 0 Å². The van der Waals surface area contributed by atoms with E-state index in [4.69, 9.17) is 5.73 Å². The summed E-state index contributed by atoms with van der Waals surface area (Å²) >= 11 is 0. The average Bonchev–Trinajstić information content (AvgIpc) is 2.16. The second-order valence-electron chi connectivity index (χ2n) is 4.96. The molecule has 0 rings (SSSR count). The SMILES string of the molecule is C=CCCCCCCCC(C)(C)CN. The lowest BCUT2D eigenvalue weighted by molar-refractivity contribution is 0.330. The molecular weight excluding hydrogens is 170 g/mol. The first-order chi connectivity index (χ1) is 6.62. The Kier molecular flexibility index (Phi) is 7.87. The molecule has 0 fully saturated rings. The van der Waals surface area contributed by atoms with Gasteiger partial charge in [0.25, 0.3) is 0 Å². The third-order valence-electron chi connectivity index (χ3n) is 2.81. The van der Waals surface area contributed by atoms with Crippen LogP contribution in [0.15, 0.2) is 12.7 Å². The first-order valence-electron chi connectivity index (χ1n) is 5.93. The zero-order chi connectivity index (χ0) is 10.9. The van der Waals surface area contributed by atoms with Crippen molar-refractivity contribution < 1.29 is 0 Å². The highest BCUT2D eigenvalue weighted by atomic mass is 14.6. The molecule has 84 valence electrons. The fourth-order valence-corrected chi connectivity index (χ4v) is 1.52. The molecule has 0 atom stereocenters. The topological polar surface area (TPSA) is 26.0 Å². The first kappa shape index (κ1) is 13.7. The monoisotopic (exact) mass is 197 g/mol. The molecule has 0 spiro atoms. The smallest absolute Gasteiger partial charge is 0.00258 e. The Bertz CT molecular complexity index is 138. The molecule has 0 aliphatic rings. The van der Waals surface area contributed by atoms with E-state index in [1.165, 1.54) is 44.9 Å². The van der Waals surface area contributed by atoms with E-state index in [1.54, 1.807) is 0 Å². The van der Waals surface area contributed by atoms with Crippen molar-refractivity contribution >= 4 is 0 Å². The molecule has 1 nitrogen and oxygen atoms in total. The van der Waals surface area contributed by atoms with Crippen LogP contribution in [0.3, 0.4) is 0 Å². The molecule has 0 aliphatic carbocycles. The number of rotatable bonds is 9. The Morgan fingerprint density at radius 3 is 2.21 bits per heavy atom. The normalized spacial score (nSPS) is 11.6. The molecule has 14 heavy (non-hydrogen) atoms. The maximum absolute atomic E-state index is 5.68. The average molecular weight is 197 g/mol. The lowest BCUT2D eigenvalue weighted by Gasteiger charge is -2.21. The van der Waals surface area contributed by atoms with Crippen LogP contribution in [0, 0.1) is 5.41 Å². The van der Waals surface area contributed by atoms with Crippen LogP contribution < -0.4 is 5.73 Å². The molecule has 0 aromatic carbocycles. The number of hydrogen-bond donors (Lipinski definition) is 1. The van der Waals surface area contributed by atoms with E-state index in [1.807, 2.05) is 6.08 Å². The van der Waals surface area contributed by atoms with Crippen LogP contribution >= 0.6 is 0 Å². The van der Waals surface area contributed by atoms with Gasteiger partial charge >= 0.3 is 0 Å². The summed E-state index contributed by atoms with van der Waals surface area (Å²) in [4.78, 5) is 0. The minimum absolute atomic E-state index is 0.348. The largest absolute Gasteiger partial charge is 0.330 e. The summed E-state index contributed by atoms with van der Waals surface area (Å²) in [7, 11) is 0. The highest BCUT2D eigenvalue weighted by molar-refractivity contribution is 4.69. The Morgan fingerprint density at radius 1 is 1.07 bits per heavy atom. The van der Waals surface area contributed by atoms with E-state index in [0.717, 1.165) is 6.54 Å². The summed E-state index contributed by atoms with van der Waals surface area (Å²) < 4.78 is 0. The van der Waals surface area contributed by atoms with Gasteiger partial charge in [-0.25, -0.2) is 0 Å². The first-order valence-corrected chi connectivity index (χ1v) is 5.93. The second kappa shape index (κ2) is 8.05. The van der Waals surface area contributed by atoms with Crippen molar-refractivity contribution in [2.45, 2.75) is 58.8 Å². The van der Waals surface area contributed by atoms with Crippen LogP contribution in [0.4, 0.5) is 0 Å². The van der Waals surface area contributed by atoms with Crippen LogP contribution in [0.25, 0.3) is 0 Å². The zero-order valence-electron chi connectivity index (χ0n) is 10.0. The van der Waals surface area contributed by atoms with Crippen LogP contribution in [0.2, 0.25) is 0 Å². The third-order valence-corrected chi connectivity index (χ3v) is 2.81. The van der Waals surface area contributed by atoms with E-state index in [2.05, 4.69) is 20.4 Å². The van der Waals surface area contributed by atoms with Gasteiger partial charge in [-0.2, -0.15) is 0 Å².